The molecule has 0 aliphatic carbocycles. The lowest BCUT2D eigenvalue weighted by atomic mass is 9.97. The molecule has 0 aliphatic heterocycles. The molecule has 0 bridgehead atoms. The van der Waals surface area contributed by atoms with Gasteiger partial charge in [0.15, 0.2) is 0 Å². The maximum atomic E-state index is 12.8. The van der Waals surface area contributed by atoms with Gasteiger partial charge in [-0.15, -0.1) is 0 Å². The van der Waals surface area contributed by atoms with Gasteiger partial charge in [-0.05, 0) is 29.3 Å². The molecule has 0 atom stereocenters. The molecule has 0 aliphatic rings. The number of ether oxygens (including phenoxy) is 1. The molecule has 0 aromatic heterocycles. The van der Waals surface area contributed by atoms with E-state index in [0.29, 0.717) is 22.4 Å². The van der Waals surface area contributed by atoms with Crippen molar-refractivity contribution in [3.8, 4) is 16.9 Å². The molecule has 5 heteroatoms. The van der Waals surface area contributed by atoms with Crippen LogP contribution in [0.25, 0.3) is 11.1 Å². The summed E-state index contributed by atoms with van der Waals surface area (Å²) in [5.74, 6) is 0.332. The van der Waals surface area contributed by atoms with Crippen LogP contribution in [0.4, 0.5) is 13.2 Å². The first-order valence-electron chi connectivity index (χ1n) is 5.91. The number of rotatable bonds is 3. The van der Waals surface area contributed by atoms with Crippen molar-refractivity contribution in [3.63, 3.8) is 0 Å². The van der Waals surface area contributed by atoms with Crippen LogP contribution in [-0.2, 0) is 12.8 Å². The van der Waals surface area contributed by atoms with Crippen molar-refractivity contribution < 1.29 is 23.0 Å². The highest BCUT2D eigenvalue weighted by Crippen LogP contribution is 2.38. The van der Waals surface area contributed by atoms with E-state index in [-0.39, 0.29) is 6.61 Å². The molecule has 0 fully saturated rings. The topological polar surface area (TPSA) is 29.5 Å². The van der Waals surface area contributed by atoms with Gasteiger partial charge in [-0.1, -0.05) is 24.3 Å². The van der Waals surface area contributed by atoms with E-state index in [1.165, 1.54) is 13.2 Å². The van der Waals surface area contributed by atoms with Crippen molar-refractivity contribution in [2.75, 3.05) is 7.11 Å². The standard InChI is InChI=1S/C15H13F3O2/c1-20-14-7-6-11(15(16,17)18)8-13(14)12-5-3-2-4-10(12)9-19/h2-8,19H,9H2,1H3. The van der Waals surface area contributed by atoms with Crippen LogP contribution >= 0.6 is 0 Å². The molecular weight excluding hydrogens is 269 g/mol. The fourth-order valence-corrected chi connectivity index (χ4v) is 2.02. The summed E-state index contributed by atoms with van der Waals surface area (Å²) in [7, 11) is 1.40. The quantitative estimate of drug-likeness (QED) is 0.926. The summed E-state index contributed by atoms with van der Waals surface area (Å²) in [5.41, 5.74) is 0.635. The fourth-order valence-electron chi connectivity index (χ4n) is 2.02. The average Bonchev–Trinajstić information content (AvgIpc) is 2.45. The predicted molar refractivity (Wildman–Crippen MR) is 69.4 cm³/mol. The van der Waals surface area contributed by atoms with Gasteiger partial charge in [0.2, 0.25) is 0 Å². The van der Waals surface area contributed by atoms with Crippen molar-refractivity contribution in [2.45, 2.75) is 12.8 Å². The Bertz CT molecular complexity index is 606. The number of methoxy groups -OCH3 is 1. The Morgan fingerprint density at radius 3 is 2.35 bits per heavy atom. The lowest BCUT2D eigenvalue weighted by molar-refractivity contribution is -0.137. The first kappa shape index (κ1) is 14.4. The SMILES string of the molecule is COc1ccc(C(F)(F)F)cc1-c1ccccc1CO. The third-order valence-corrected chi connectivity index (χ3v) is 3.00. The largest absolute Gasteiger partial charge is 0.496 e. The summed E-state index contributed by atoms with van der Waals surface area (Å²) >= 11 is 0. The maximum Gasteiger partial charge on any atom is 0.416 e. The highest BCUT2D eigenvalue weighted by Gasteiger charge is 2.31. The summed E-state index contributed by atoms with van der Waals surface area (Å²) in [4.78, 5) is 0. The predicted octanol–water partition coefficient (Wildman–Crippen LogP) is 3.87. The van der Waals surface area contributed by atoms with Crippen LogP contribution in [0.2, 0.25) is 0 Å². The summed E-state index contributed by atoms with van der Waals surface area (Å²) in [6.07, 6.45) is -4.42. The molecule has 106 valence electrons. The van der Waals surface area contributed by atoms with Crippen LogP contribution in [-0.4, -0.2) is 12.2 Å². The van der Waals surface area contributed by atoms with Gasteiger partial charge in [0.25, 0.3) is 0 Å². The Morgan fingerprint density at radius 2 is 1.75 bits per heavy atom. The smallest absolute Gasteiger partial charge is 0.416 e. The number of benzene rings is 2. The average molecular weight is 282 g/mol. The summed E-state index contributed by atoms with van der Waals surface area (Å²) in [6.45, 7) is -0.254. The molecule has 0 saturated heterocycles. The van der Waals surface area contributed by atoms with Gasteiger partial charge in [-0.25, -0.2) is 0 Å². The van der Waals surface area contributed by atoms with Gasteiger partial charge in [-0.3, -0.25) is 0 Å². The minimum Gasteiger partial charge on any atom is -0.496 e. The molecule has 1 N–H and O–H groups in total. The molecule has 0 radical (unpaired) electrons. The summed E-state index contributed by atoms with van der Waals surface area (Å²) in [6, 6.07) is 10.0. The van der Waals surface area contributed by atoms with Gasteiger partial charge >= 0.3 is 6.18 Å². The second-order valence-corrected chi connectivity index (χ2v) is 4.23. The molecule has 0 spiro atoms. The summed E-state index contributed by atoms with van der Waals surface area (Å²) in [5, 5.41) is 9.31. The Hall–Kier alpha value is -2.01. The van der Waals surface area contributed by atoms with Crippen LogP contribution in [0.1, 0.15) is 11.1 Å². The van der Waals surface area contributed by atoms with Crippen molar-refractivity contribution in [2.24, 2.45) is 0 Å². The first-order chi connectivity index (χ1) is 9.47. The van der Waals surface area contributed by atoms with E-state index in [2.05, 4.69) is 0 Å². The Kier molecular flexibility index (Phi) is 3.99. The summed E-state index contributed by atoms with van der Waals surface area (Å²) < 4.78 is 43.6. The number of hydrogen-bond acceptors (Lipinski definition) is 2. The number of alkyl halides is 3. The molecule has 20 heavy (non-hydrogen) atoms. The minimum absolute atomic E-state index is 0.254. The highest BCUT2D eigenvalue weighted by atomic mass is 19.4. The van der Waals surface area contributed by atoms with E-state index < -0.39 is 11.7 Å². The third kappa shape index (κ3) is 2.77. The van der Waals surface area contributed by atoms with E-state index >= 15 is 0 Å². The molecule has 2 rings (SSSR count). The highest BCUT2D eigenvalue weighted by molar-refractivity contribution is 5.74. The lowest BCUT2D eigenvalue weighted by Gasteiger charge is -2.15. The van der Waals surface area contributed by atoms with Crippen molar-refractivity contribution in [3.05, 3.63) is 53.6 Å². The Morgan fingerprint density at radius 1 is 1.05 bits per heavy atom. The Labute approximate surface area is 114 Å². The van der Waals surface area contributed by atoms with E-state index in [0.717, 1.165) is 12.1 Å². The minimum atomic E-state index is -4.42. The van der Waals surface area contributed by atoms with Crippen LogP contribution in [0.5, 0.6) is 5.75 Å². The van der Waals surface area contributed by atoms with Crippen LogP contribution in [0.15, 0.2) is 42.5 Å². The maximum absolute atomic E-state index is 12.8. The van der Waals surface area contributed by atoms with Crippen LogP contribution < -0.4 is 4.74 Å². The van der Waals surface area contributed by atoms with Gasteiger partial charge in [0.05, 0.1) is 19.3 Å². The zero-order valence-electron chi connectivity index (χ0n) is 10.7. The van der Waals surface area contributed by atoms with Crippen molar-refractivity contribution in [1.82, 2.24) is 0 Å². The lowest BCUT2D eigenvalue weighted by Crippen LogP contribution is -2.05. The van der Waals surface area contributed by atoms with Gasteiger partial charge < -0.3 is 9.84 Å². The van der Waals surface area contributed by atoms with E-state index in [9.17, 15) is 18.3 Å². The zero-order chi connectivity index (χ0) is 14.8. The number of hydrogen-bond donors (Lipinski definition) is 1. The van der Waals surface area contributed by atoms with Crippen LogP contribution in [0.3, 0.4) is 0 Å². The fraction of sp³-hybridized carbons (Fsp3) is 0.200. The molecule has 0 heterocycles. The van der Waals surface area contributed by atoms with Gasteiger partial charge in [-0.2, -0.15) is 13.2 Å². The zero-order valence-corrected chi connectivity index (χ0v) is 10.7. The number of aliphatic hydroxyl groups excluding tert-OH is 1. The van der Waals surface area contributed by atoms with Crippen LogP contribution in [0, 0.1) is 0 Å². The second-order valence-electron chi connectivity index (χ2n) is 4.23. The molecule has 0 saturated carbocycles. The molecule has 0 unspecified atom stereocenters. The van der Waals surface area contributed by atoms with Gasteiger partial charge in [0.1, 0.15) is 5.75 Å². The van der Waals surface area contributed by atoms with Crippen molar-refractivity contribution in [1.29, 1.82) is 0 Å². The van der Waals surface area contributed by atoms with E-state index in [1.54, 1.807) is 24.3 Å². The Balaban J connectivity index is 2.65. The normalized spacial score (nSPS) is 11.4. The molecule has 2 nitrogen and oxygen atoms in total. The van der Waals surface area contributed by atoms with E-state index in [1.807, 2.05) is 0 Å². The first-order valence-corrected chi connectivity index (χ1v) is 5.91. The number of aliphatic hydroxyl groups is 1. The molecular formula is C15H13F3O2. The van der Waals surface area contributed by atoms with Gasteiger partial charge in [0, 0.05) is 5.56 Å². The molecule has 2 aromatic carbocycles. The molecule has 2 aromatic rings. The second kappa shape index (κ2) is 5.54. The molecule has 0 amide bonds. The monoisotopic (exact) mass is 282 g/mol. The van der Waals surface area contributed by atoms with Crippen molar-refractivity contribution >= 4 is 0 Å². The van der Waals surface area contributed by atoms with E-state index in [4.69, 9.17) is 4.74 Å². The third-order valence-electron chi connectivity index (χ3n) is 3.00. The number of halogens is 3.